The second kappa shape index (κ2) is 6.99. The summed E-state index contributed by atoms with van der Waals surface area (Å²) in [7, 11) is 0. The van der Waals surface area contributed by atoms with Crippen molar-refractivity contribution < 1.29 is 5.11 Å². The molecule has 1 heterocycles. The van der Waals surface area contributed by atoms with Gasteiger partial charge in [0.2, 0.25) is 0 Å². The van der Waals surface area contributed by atoms with Crippen molar-refractivity contribution in [3.63, 3.8) is 0 Å². The van der Waals surface area contributed by atoms with Crippen molar-refractivity contribution in [2.75, 3.05) is 6.54 Å². The maximum Gasteiger partial charge on any atom is 0.152 e. The minimum atomic E-state index is -0.137. The molecule has 0 aliphatic carbocycles. The first-order valence-electron chi connectivity index (χ1n) is 7.20. The Kier molecular flexibility index (Phi) is 4.59. The molecular formula is C18H13ClN4O. The molecule has 0 aliphatic heterocycles. The van der Waals surface area contributed by atoms with Gasteiger partial charge in [0.15, 0.2) is 5.82 Å². The first-order chi connectivity index (χ1) is 11.7. The van der Waals surface area contributed by atoms with E-state index in [1.807, 2.05) is 42.5 Å². The van der Waals surface area contributed by atoms with E-state index in [-0.39, 0.29) is 17.9 Å². The van der Waals surface area contributed by atoms with Crippen LogP contribution in [-0.2, 0) is 0 Å². The van der Waals surface area contributed by atoms with Crippen LogP contribution in [0.15, 0.2) is 59.3 Å². The van der Waals surface area contributed by atoms with Gasteiger partial charge in [-0.25, -0.2) is 4.98 Å². The number of allylic oxidation sites excluding steroid dienone is 1. The number of aliphatic hydroxyl groups is 1. The summed E-state index contributed by atoms with van der Waals surface area (Å²) in [6, 6.07) is 16.6. The van der Waals surface area contributed by atoms with Crippen molar-refractivity contribution in [3.05, 3.63) is 70.7 Å². The van der Waals surface area contributed by atoms with Gasteiger partial charge in [-0.1, -0.05) is 35.9 Å². The summed E-state index contributed by atoms with van der Waals surface area (Å²) in [4.78, 5) is 11.5. The number of para-hydroxylation sites is 2. The number of rotatable bonds is 4. The van der Waals surface area contributed by atoms with Crippen molar-refractivity contribution in [1.29, 1.82) is 5.26 Å². The number of hydrogen-bond acceptors (Lipinski definition) is 4. The zero-order chi connectivity index (χ0) is 16.9. The number of aromatic amines is 1. The first kappa shape index (κ1) is 15.8. The number of aromatic nitrogens is 2. The van der Waals surface area contributed by atoms with Crippen molar-refractivity contribution >= 4 is 34.4 Å². The topological polar surface area (TPSA) is 85.1 Å². The van der Waals surface area contributed by atoms with Gasteiger partial charge < -0.3 is 10.1 Å². The maximum atomic E-state index is 10.2. The zero-order valence-electron chi connectivity index (χ0n) is 12.6. The number of imidazole rings is 1. The van der Waals surface area contributed by atoms with Crippen molar-refractivity contribution in [1.82, 2.24) is 9.97 Å². The number of nitrogens with zero attached hydrogens (tertiary/aromatic N) is 3. The van der Waals surface area contributed by atoms with Crippen LogP contribution in [0.3, 0.4) is 0 Å². The van der Waals surface area contributed by atoms with E-state index in [2.05, 4.69) is 15.0 Å². The molecule has 6 heteroatoms. The number of H-pyrrole nitrogens is 1. The van der Waals surface area contributed by atoms with Gasteiger partial charge in [0.25, 0.3) is 0 Å². The number of aliphatic hydroxyl groups excluding tert-OH is 1. The summed E-state index contributed by atoms with van der Waals surface area (Å²) < 4.78 is 0. The molecule has 0 radical (unpaired) electrons. The summed E-state index contributed by atoms with van der Waals surface area (Å²) in [5.41, 5.74) is 2.48. The van der Waals surface area contributed by atoms with Crippen LogP contribution in [0.4, 0.5) is 0 Å². The highest BCUT2D eigenvalue weighted by atomic mass is 35.5. The van der Waals surface area contributed by atoms with Gasteiger partial charge in [0, 0.05) is 11.2 Å². The molecular weight excluding hydrogens is 324 g/mol. The predicted molar refractivity (Wildman–Crippen MR) is 95.2 cm³/mol. The fourth-order valence-electron chi connectivity index (χ4n) is 2.19. The maximum absolute atomic E-state index is 10.2. The Morgan fingerprint density at radius 2 is 2.00 bits per heavy atom. The molecule has 0 unspecified atom stereocenters. The second-order valence-corrected chi connectivity index (χ2v) is 5.49. The summed E-state index contributed by atoms with van der Waals surface area (Å²) in [6.07, 6.45) is 1.61. The van der Waals surface area contributed by atoms with Gasteiger partial charge in [-0.15, -0.1) is 0 Å². The van der Waals surface area contributed by atoms with Gasteiger partial charge >= 0.3 is 0 Å². The molecule has 0 fully saturated rings. The molecule has 2 aromatic carbocycles. The van der Waals surface area contributed by atoms with Crippen LogP contribution in [-0.4, -0.2) is 27.8 Å². The molecule has 118 valence electrons. The third kappa shape index (κ3) is 3.45. The molecule has 0 atom stereocenters. The van der Waals surface area contributed by atoms with Crippen LogP contribution >= 0.6 is 11.6 Å². The first-order valence-corrected chi connectivity index (χ1v) is 7.58. The molecule has 0 spiro atoms. The molecule has 0 amide bonds. The largest absolute Gasteiger partial charge is 0.509 e. The third-order valence-corrected chi connectivity index (χ3v) is 3.63. The summed E-state index contributed by atoms with van der Waals surface area (Å²) in [5, 5.41) is 20.1. The smallest absolute Gasteiger partial charge is 0.152 e. The summed E-state index contributed by atoms with van der Waals surface area (Å²) in [6.45, 7) is -0.0113. The van der Waals surface area contributed by atoms with E-state index < -0.39 is 0 Å². The summed E-state index contributed by atoms with van der Waals surface area (Å²) >= 11 is 5.82. The van der Waals surface area contributed by atoms with E-state index in [1.54, 1.807) is 18.3 Å². The number of halogens is 1. The van der Waals surface area contributed by atoms with Gasteiger partial charge in [0.1, 0.15) is 17.4 Å². The molecule has 1 aromatic heterocycles. The molecule has 0 bridgehead atoms. The normalized spacial score (nSPS) is 12.3. The van der Waals surface area contributed by atoms with E-state index in [4.69, 9.17) is 11.6 Å². The Labute approximate surface area is 143 Å². The van der Waals surface area contributed by atoms with E-state index in [0.717, 1.165) is 16.6 Å². The van der Waals surface area contributed by atoms with Crippen molar-refractivity contribution in [3.8, 4) is 6.07 Å². The van der Waals surface area contributed by atoms with Crippen molar-refractivity contribution in [2.24, 2.45) is 4.99 Å². The Balaban J connectivity index is 1.82. The Morgan fingerprint density at radius 3 is 2.71 bits per heavy atom. The number of nitrogens with one attached hydrogen (secondary N) is 1. The van der Waals surface area contributed by atoms with Crippen LogP contribution < -0.4 is 0 Å². The fraction of sp³-hybridized carbons (Fsp3) is 0.0556. The number of benzene rings is 2. The van der Waals surface area contributed by atoms with Crippen LogP contribution in [0.25, 0.3) is 16.6 Å². The van der Waals surface area contributed by atoms with E-state index >= 15 is 0 Å². The molecule has 3 rings (SSSR count). The predicted octanol–water partition coefficient (Wildman–Crippen LogP) is 4.13. The Bertz CT molecular complexity index is 932. The average molecular weight is 337 g/mol. The second-order valence-electron chi connectivity index (χ2n) is 5.06. The summed E-state index contributed by atoms with van der Waals surface area (Å²) in [5.74, 6) is 0.194. The lowest BCUT2D eigenvalue weighted by Gasteiger charge is -1.99. The minimum Gasteiger partial charge on any atom is -0.509 e. The number of nitriles is 1. The molecule has 0 aliphatic rings. The highest BCUT2D eigenvalue weighted by molar-refractivity contribution is 6.30. The Morgan fingerprint density at radius 1 is 1.25 bits per heavy atom. The lowest BCUT2D eigenvalue weighted by molar-refractivity contribution is 0.407. The highest BCUT2D eigenvalue weighted by Gasteiger charge is 2.12. The minimum absolute atomic E-state index is 0.0113. The van der Waals surface area contributed by atoms with Crippen LogP contribution in [0.2, 0.25) is 5.02 Å². The van der Waals surface area contributed by atoms with E-state index in [0.29, 0.717) is 10.8 Å². The molecule has 3 aromatic rings. The third-order valence-electron chi connectivity index (χ3n) is 3.38. The van der Waals surface area contributed by atoms with E-state index in [9.17, 15) is 10.4 Å². The monoisotopic (exact) mass is 336 g/mol. The molecule has 24 heavy (non-hydrogen) atoms. The van der Waals surface area contributed by atoms with Crippen molar-refractivity contribution in [2.45, 2.75) is 0 Å². The lowest BCUT2D eigenvalue weighted by atomic mass is 10.2. The van der Waals surface area contributed by atoms with Gasteiger partial charge in [0.05, 0.1) is 17.6 Å². The van der Waals surface area contributed by atoms with E-state index in [1.165, 1.54) is 0 Å². The zero-order valence-corrected chi connectivity index (χ0v) is 13.3. The lowest BCUT2D eigenvalue weighted by Crippen LogP contribution is -1.96. The number of hydrogen-bond donors (Lipinski definition) is 2. The molecule has 5 nitrogen and oxygen atoms in total. The number of fused-ring (bicyclic) bond motifs is 1. The molecule has 2 N–H and O–H groups in total. The van der Waals surface area contributed by atoms with Gasteiger partial charge in [-0.05, 0) is 29.8 Å². The standard InChI is InChI=1S/C18H13ClN4O/c19-13-7-5-12(6-8-13)10-21-11-17(24)14(9-20)18-22-15-3-1-2-4-16(15)23-18/h1-8,10,24H,11H2,(H,22,23)/b17-14-,21-10?. The molecule has 0 saturated heterocycles. The molecule has 0 saturated carbocycles. The fourth-order valence-corrected chi connectivity index (χ4v) is 2.32. The Hall–Kier alpha value is -3.10. The van der Waals surface area contributed by atoms with Crippen LogP contribution in [0.1, 0.15) is 11.4 Å². The number of aliphatic imine (C=N–C) groups is 1. The quantitative estimate of drug-likeness (QED) is 0.427. The average Bonchev–Trinajstić information content (AvgIpc) is 3.01. The SMILES string of the molecule is N#C/C(=C(/O)CN=Cc1ccc(Cl)cc1)c1nc2ccccc2[nH]1. The van der Waals surface area contributed by atoms with Crippen LogP contribution in [0.5, 0.6) is 0 Å². The van der Waals surface area contributed by atoms with Crippen LogP contribution in [0, 0.1) is 11.3 Å². The van der Waals surface area contributed by atoms with Gasteiger partial charge in [-0.3, -0.25) is 4.99 Å². The van der Waals surface area contributed by atoms with Gasteiger partial charge in [-0.2, -0.15) is 5.26 Å². The highest BCUT2D eigenvalue weighted by Crippen LogP contribution is 2.18.